The molecule has 1 saturated carbocycles. The largest absolute Gasteiger partial charge is 0.360 e. The highest BCUT2D eigenvalue weighted by atomic mass is 35.6. The lowest BCUT2D eigenvalue weighted by Gasteiger charge is -2.30. The Balaban J connectivity index is 2.51. The van der Waals surface area contributed by atoms with E-state index in [-0.39, 0.29) is 12.3 Å². The Morgan fingerprint density at radius 3 is 2.42 bits per heavy atom. The van der Waals surface area contributed by atoms with Crippen molar-refractivity contribution in [3.05, 3.63) is 37.0 Å². The van der Waals surface area contributed by atoms with E-state index in [2.05, 4.69) is 29.1 Å². The third-order valence-electron chi connectivity index (χ3n) is 3.99. The average Bonchev–Trinajstić information content (AvgIpc) is 2.57. The van der Waals surface area contributed by atoms with Gasteiger partial charge in [0.2, 0.25) is 9.70 Å². The molecule has 1 aliphatic rings. The molecule has 0 aliphatic heterocycles. The molecule has 1 amide bonds. The van der Waals surface area contributed by atoms with Gasteiger partial charge in [-0.3, -0.25) is 4.79 Å². The maximum absolute atomic E-state index is 12.2. The molecule has 26 heavy (non-hydrogen) atoms. The summed E-state index contributed by atoms with van der Waals surface area (Å²) in [5.41, 5.74) is 0.813. The number of rotatable bonds is 8. The number of carbonyl (C=O) groups is 1. The molecule has 0 spiro atoms. The number of hydrogen-bond acceptors (Lipinski definition) is 2. The second-order valence-corrected chi connectivity index (χ2v) is 9.03. The lowest BCUT2D eigenvalue weighted by molar-refractivity contribution is -0.121. The van der Waals surface area contributed by atoms with Gasteiger partial charge in [0, 0.05) is 12.5 Å². The smallest absolute Gasteiger partial charge is 0.228 e. The molecule has 0 bridgehead atoms. The molecular formula is C18H26Cl3N3OS. The van der Waals surface area contributed by atoms with Crippen molar-refractivity contribution < 1.29 is 4.79 Å². The van der Waals surface area contributed by atoms with E-state index in [0.29, 0.717) is 17.6 Å². The number of alkyl halides is 3. The molecule has 0 heterocycles. The van der Waals surface area contributed by atoms with Gasteiger partial charge in [0.15, 0.2) is 5.11 Å². The summed E-state index contributed by atoms with van der Waals surface area (Å²) in [6.45, 7) is 7.45. The minimum Gasteiger partial charge on any atom is -0.360 e. The van der Waals surface area contributed by atoms with Crippen LogP contribution in [-0.4, -0.2) is 27.0 Å². The van der Waals surface area contributed by atoms with E-state index in [9.17, 15) is 4.79 Å². The van der Waals surface area contributed by atoms with Crippen molar-refractivity contribution in [2.24, 2.45) is 0 Å². The van der Waals surface area contributed by atoms with E-state index in [1.807, 2.05) is 0 Å². The van der Waals surface area contributed by atoms with Gasteiger partial charge in [0.25, 0.3) is 0 Å². The first kappa shape index (κ1) is 23.3. The maximum atomic E-state index is 12.2. The van der Waals surface area contributed by atoms with Crippen LogP contribution in [0.5, 0.6) is 0 Å². The summed E-state index contributed by atoms with van der Waals surface area (Å²) in [5, 5.41) is 9.17. The van der Waals surface area contributed by atoms with E-state index in [0.717, 1.165) is 18.4 Å². The van der Waals surface area contributed by atoms with Crippen LogP contribution in [0.1, 0.15) is 44.9 Å². The van der Waals surface area contributed by atoms with Crippen molar-refractivity contribution in [1.29, 1.82) is 0 Å². The van der Waals surface area contributed by atoms with Crippen molar-refractivity contribution >= 4 is 58.0 Å². The predicted molar refractivity (Wildman–Crippen MR) is 116 cm³/mol. The number of halogens is 3. The maximum Gasteiger partial charge on any atom is 0.228 e. The predicted octanol–water partition coefficient (Wildman–Crippen LogP) is 4.67. The molecule has 1 atom stereocenters. The van der Waals surface area contributed by atoms with Gasteiger partial charge in [-0.15, -0.1) is 0 Å². The summed E-state index contributed by atoms with van der Waals surface area (Å²) >= 11 is 23.3. The van der Waals surface area contributed by atoms with Crippen LogP contribution in [0.3, 0.4) is 0 Å². The Morgan fingerprint density at radius 2 is 1.85 bits per heavy atom. The van der Waals surface area contributed by atoms with E-state index in [4.69, 9.17) is 47.0 Å². The molecule has 1 fully saturated rings. The first-order valence-electron chi connectivity index (χ1n) is 8.62. The molecule has 4 nitrogen and oxygen atoms in total. The molecule has 0 aromatic heterocycles. The summed E-state index contributed by atoms with van der Waals surface area (Å²) in [7, 11) is 0. The van der Waals surface area contributed by atoms with Crippen LogP contribution < -0.4 is 16.0 Å². The van der Waals surface area contributed by atoms with Crippen LogP contribution in [-0.2, 0) is 4.79 Å². The van der Waals surface area contributed by atoms with Gasteiger partial charge >= 0.3 is 0 Å². The summed E-state index contributed by atoms with van der Waals surface area (Å²) in [5.74, 6) is -0.262. The van der Waals surface area contributed by atoms with Crippen LogP contribution in [0.25, 0.3) is 0 Å². The van der Waals surface area contributed by atoms with Crippen molar-refractivity contribution in [2.75, 3.05) is 0 Å². The molecule has 1 unspecified atom stereocenters. The fourth-order valence-electron chi connectivity index (χ4n) is 2.60. The van der Waals surface area contributed by atoms with Crippen molar-refractivity contribution in [1.82, 2.24) is 16.0 Å². The highest BCUT2D eigenvalue weighted by Gasteiger charge is 2.34. The standard InChI is InChI=1S/C18H26Cl3N3OS/c1-3-4-8-13(2)11-12-15(25)23-16(18(19,20)21)24-17(26)22-14-9-6-5-7-10-14/h3-4,8,14,16H,1-2,5-7,9-12H2,(H,23,25)(H2,22,24,26)/b8-4-. The third kappa shape index (κ3) is 9.81. The van der Waals surface area contributed by atoms with E-state index < -0.39 is 9.96 Å². The Labute approximate surface area is 176 Å². The second-order valence-electron chi connectivity index (χ2n) is 6.25. The Bertz CT molecular complexity index is 540. The first-order valence-corrected chi connectivity index (χ1v) is 10.2. The van der Waals surface area contributed by atoms with Crippen LogP contribution in [0.2, 0.25) is 0 Å². The van der Waals surface area contributed by atoms with Crippen molar-refractivity contribution in [3.8, 4) is 0 Å². The van der Waals surface area contributed by atoms with E-state index in [1.54, 1.807) is 18.2 Å². The lowest BCUT2D eigenvalue weighted by atomic mass is 9.96. The summed E-state index contributed by atoms with van der Waals surface area (Å²) < 4.78 is -1.74. The molecule has 1 aliphatic carbocycles. The molecule has 0 radical (unpaired) electrons. The second kappa shape index (κ2) is 11.9. The topological polar surface area (TPSA) is 53.2 Å². The van der Waals surface area contributed by atoms with Gasteiger partial charge in [-0.05, 0) is 31.5 Å². The zero-order valence-electron chi connectivity index (χ0n) is 14.7. The van der Waals surface area contributed by atoms with Crippen molar-refractivity contribution in [3.63, 3.8) is 0 Å². The first-order chi connectivity index (χ1) is 12.2. The summed E-state index contributed by atoms with van der Waals surface area (Å²) in [6, 6.07) is 0.315. The van der Waals surface area contributed by atoms with Gasteiger partial charge in [0.05, 0.1) is 0 Å². The molecule has 1 rings (SSSR count). The Hall–Kier alpha value is -0.750. The molecule has 3 N–H and O–H groups in total. The number of thiocarbonyl (C=S) groups is 1. The highest BCUT2D eigenvalue weighted by molar-refractivity contribution is 7.80. The quantitative estimate of drug-likeness (QED) is 0.223. The molecule has 0 aromatic rings. The summed E-state index contributed by atoms with van der Waals surface area (Å²) in [6.07, 6.45) is 10.7. The number of hydrogen-bond donors (Lipinski definition) is 3. The van der Waals surface area contributed by atoms with Gasteiger partial charge in [-0.2, -0.15) is 0 Å². The molecule has 0 aromatic carbocycles. The fraction of sp³-hybridized carbons (Fsp3) is 0.556. The normalized spacial score (nSPS) is 16.7. The number of carbonyl (C=O) groups excluding carboxylic acids is 1. The molecule has 0 saturated heterocycles. The molecular weight excluding hydrogens is 413 g/mol. The van der Waals surface area contributed by atoms with E-state index >= 15 is 0 Å². The number of nitrogens with one attached hydrogen (secondary N) is 3. The third-order valence-corrected chi connectivity index (χ3v) is 4.88. The average molecular weight is 439 g/mol. The minimum atomic E-state index is -1.74. The zero-order chi connectivity index (χ0) is 19.6. The lowest BCUT2D eigenvalue weighted by Crippen LogP contribution is -2.58. The van der Waals surface area contributed by atoms with Gasteiger partial charge in [0.1, 0.15) is 6.17 Å². The fourth-order valence-corrected chi connectivity index (χ4v) is 3.21. The van der Waals surface area contributed by atoms with Crippen LogP contribution in [0.15, 0.2) is 37.0 Å². The zero-order valence-corrected chi connectivity index (χ0v) is 17.8. The van der Waals surface area contributed by atoms with Crippen molar-refractivity contribution in [2.45, 2.75) is 60.9 Å². The van der Waals surface area contributed by atoms with Gasteiger partial charge in [-0.1, -0.05) is 91.0 Å². The van der Waals surface area contributed by atoms with Crippen LogP contribution in [0.4, 0.5) is 0 Å². The highest BCUT2D eigenvalue weighted by Crippen LogP contribution is 2.29. The summed E-state index contributed by atoms with van der Waals surface area (Å²) in [4.78, 5) is 12.2. The monoisotopic (exact) mass is 437 g/mol. The Morgan fingerprint density at radius 1 is 1.19 bits per heavy atom. The van der Waals surface area contributed by atoms with E-state index in [1.165, 1.54) is 19.3 Å². The number of allylic oxidation sites excluding steroid dienone is 4. The number of amides is 1. The minimum absolute atomic E-state index is 0.224. The SMILES string of the molecule is C=C/C=C\C(=C)CCC(=O)NC(NC(=S)NC1CCCCC1)C(Cl)(Cl)Cl. The van der Waals surface area contributed by atoms with Crippen LogP contribution in [0, 0.1) is 0 Å². The molecule has 8 heteroatoms. The Kier molecular flexibility index (Phi) is 10.6. The molecule has 146 valence electrons. The van der Waals surface area contributed by atoms with Gasteiger partial charge < -0.3 is 16.0 Å². The van der Waals surface area contributed by atoms with Crippen LogP contribution >= 0.6 is 47.0 Å². The van der Waals surface area contributed by atoms with Gasteiger partial charge in [-0.25, -0.2) is 0 Å².